The third-order valence-electron chi connectivity index (χ3n) is 7.58. The normalized spacial score (nSPS) is 18.3. The van der Waals surface area contributed by atoms with Crippen LogP contribution in [-0.2, 0) is 20.9 Å². The average Bonchev–Trinajstić information content (AvgIpc) is 3.50. The summed E-state index contributed by atoms with van der Waals surface area (Å²) in [4.78, 5) is 39.1. The number of hydrogen-bond acceptors (Lipinski definition) is 5. The number of carbonyl (C=O) groups excluding carboxylic acids is 2. The summed E-state index contributed by atoms with van der Waals surface area (Å²) in [6.45, 7) is 1.95. The molecule has 0 radical (unpaired) electrons. The molecule has 3 N–H and O–H groups in total. The van der Waals surface area contributed by atoms with Crippen molar-refractivity contribution in [2.24, 2.45) is 0 Å². The van der Waals surface area contributed by atoms with E-state index in [0.29, 0.717) is 25.9 Å². The van der Waals surface area contributed by atoms with Crippen molar-refractivity contribution < 1.29 is 24.2 Å². The van der Waals surface area contributed by atoms with Crippen LogP contribution in [0.2, 0.25) is 0 Å². The first-order chi connectivity index (χ1) is 18.9. The van der Waals surface area contributed by atoms with Gasteiger partial charge in [0.1, 0.15) is 6.61 Å². The fourth-order valence-corrected chi connectivity index (χ4v) is 5.61. The molecule has 1 fully saturated rings. The van der Waals surface area contributed by atoms with Gasteiger partial charge in [-0.2, -0.15) is 0 Å². The van der Waals surface area contributed by atoms with E-state index >= 15 is 0 Å². The van der Waals surface area contributed by atoms with Gasteiger partial charge in [0.2, 0.25) is 5.91 Å². The number of nitrogens with one attached hydrogen (secondary N) is 2. The Bertz CT molecular complexity index is 1300. The van der Waals surface area contributed by atoms with Crippen LogP contribution in [0, 0.1) is 0 Å². The van der Waals surface area contributed by atoms with Gasteiger partial charge in [-0.15, -0.1) is 0 Å². The molecule has 1 heterocycles. The minimum atomic E-state index is -1.30. The molecule has 0 saturated carbocycles. The summed E-state index contributed by atoms with van der Waals surface area (Å²) in [7, 11) is 0. The summed E-state index contributed by atoms with van der Waals surface area (Å²) in [6.07, 6.45) is 0.294. The third kappa shape index (κ3) is 5.96. The van der Waals surface area contributed by atoms with Gasteiger partial charge in [0.15, 0.2) is 5.54 Å². The molecule has 0 aromatic heterocycles. The van der Waals surface area contributed by atoms with E-state index < -0.39 is 17.6 Å². The Morgan fingerprint density at radius 1 is 0.923 bits per heavy atom. The van der Waals surface area contributed by atoms with E-state index in [4.69, 9.17) is 4.74 Å². The van der Waals surface area contributed by atoms with Crippen LogP contribution in [0.3, 0.4) is 0 Å². The lowest BCUT2D eigenvalue weighted by atomic mass is 9.98. The van der Waals surface area contributed by atoms with Crippen LogP contribution in [0.25, 0.3) is 11.1 Å². The first-order valence-electron chi connectivity index (χ1n) is 13.3. The van der Waals surface area contributed by atoms with Crippen molar-refractivity contribution in [1.82, 2.24) is 15.5 Å². The predicted molar refractivity (Wildman–Crippen MR) is 147 cm³/mol. The minimum absolute atomic E-state index is 0.0194. The predicted octanol–water partition coefficient (Wildman–Crippen LogP) is 4.15. The highest BCUT2D eigenvalue weighted by Gasteiger charge is 2.45. The summed E-state index contributed by atoms with van der Waals surface area (Å²) in [5.41, 5.74) is 4.42. The van der Waals surface area contributed by atoms with E-state index in [1.54, 1.807) is 0 Å². The fraction of sp³-hybridized carbons (Fsp3) is 0.323. The summed E-state index contributed by atoms with van der Waals surface area (Å²) >= 11 is 0. The maximum absolute atomic E-state index is 12.6. The van der Waals surface area contributed by atoms with Gasteiger partial charge in [0.05, 0.1) is 0 Å². The Morgan fingerprint density at radius 3 is 2.23 bits per heavy atom. The number of likely N-dealkylation sites (tertiary alicyclic amines) is 1. The standard InChI is InChI=1S/C31H33N3O5/c35-28(33-31(29(36)37)16-18-34(21-31)19-22-9-2-1-3-10-22)15-8-17-32-30(38)39-20-27-25-13-6-4-11-23(25)24-12-5-7-14-26(24)27/h1-7,9-14,27H,8,15-21H2,(H,32,38)(H,33,35)(H,36,37). The monoisotopic (exact) mass is 527 g/mol. The quantitative estimate of drug-likeness (QED) is 0.342. The van der Waals surface area contributed by atoms with Crippen LogP contribution in [0.4, 0.5) is 4.79 Å². The van der Waals surface area contributed by atoms with E-state index in [0.717, 1.165) is 27.8 Å². The Kier molecular flexibility index (Phi) is 7.93. The van der Waals surface area contributed by atoms with Crippen molar-refractivity contribution in [3.8, 4) is 11.1 Å². The highest BCUT2D eigenvalue weighted by molar-refractivity contribution is 5.87. The van der Waals surface area contributed by atoms with E-state index in [1.165, 1.54) is 0 Å². The topological polar surface area (TPSA) is 108 Å². The lowest BCUT2D eigenvalue weighted by Gasteiger charge is -2.26. The van der Waals surface area contributed by atoms with Crippen LogP contribution < -0.4 is 10.6 Å². The summed E-state index contributed by atoms with van der Waals surface area (Å²) in [5.74, 6) is -1.38. The maximum Gasteiger partial charge on any atom is 0.407 e. The van der Waals surface area contributed by atoms with Gasteiger partial charge in [-0.05, 0) is 40.7 Å². The molecule has 2 aliphatic rings. The van der Waals surface area contributed by atoms with Crippen molar-refractivity contribution in [1.29, 1.82) is 0 Å². The summed E-state index contributed by atoms with van der Waals surface area (Å²) < 4.78 is 5.53. The molecule has 5 rings (SSSR count). The third-order valence-corrected chi connectivity index (χ3v) is 7.58. The van der Waals surface area contributed by atoms with Crippen molar-refractivity contribution >= 4 is 18.0 Å². The number of alkyl carbamates (subject to hydrolysis) is 1. The van der Waals surface area contributed by atoms with Crippen molar-refractivity contribution in [3.05, 3.63) is 95.6 Å². The second-order valence-electron chi connectivity index (χ2n) is 10.2. The van der Waals surface area contributed by atoms with E-state index in [2.05, 4.69) is 34.9 Å². The molecule has 0 bridgehead atoms. The molecule has 3 aromatic rings. The van der Waals surface area contributed by atoms with Gasteiger partial charge in [-0.3, -0.25) is 9.69 Å². The largest absolute Gasteiger partial charge is 0.479 e. The molecule has 3 aromatic carbocycles. The number of rotatable bonds is 10. The highest BCUT2D eigenvalue weighted by atomic mass is 16.5. The van der Waals surface area contributed by atoms with Crippen LogP contribution in [0.15, 0.2) is 78.9 Å². The summed E-state index contributed by atoms with van der Waals surface area (Å²) in [6, 6.07) is 26.1. The van der Waals surface area contributed by atoms with Gasteiger partial charge in [-0.25, -0.2) is 9.59 Å². The highest BCUT2D eigenvalue weighted by Crippen LogP contribution is 2.44. The Hall–Kier alpha value is -4.17. The first kappa shape index (κ1) is 26.4. The smallest absolute Gasteiger partial charge is 0.407 e. The number of carbonyl (C=O) groups is 3. The Balaban J connectivity index is 1.05. The van der Waals surface area contributed by atoms with Crippen LogP contribution in [0.5, 0.6) is 0 Å². The van der Waals surface area contributed by atoms with E-state index in [9.17, 15) is 19.5 Å². The fourth-order valence-electron chi connectivity index (χ4n) is 5.61. The van der Waals surface area contributed by atoms with Crippen molar-refractivity contribution in [3.63, 3.8) is 0 Å². The zero-order valence-corrected chi connectivity index (χ0v) is 21.8. The van der Waals surface area contributed by atoms with Gasteiger partial charge >= 0.3 is 12.1 Å². The zero-order chi connectivity index (χ0) is 27.2. The number of benzene rings is 3. The van der Waals surface area contributed by atoms with Crippen LogP contribution >= 0.6 is 0 Å². The molecule has 8 heteroatoms. The molecular formula is C31H33N3O5. The van der Waals surface area contributed by atoms with E-state index in [1.807, 2.05) is 59.5 Å². The SMILES string of the molecule is O=C(CCCNC(=O)OCC1c2ccccc2-c2ccccc21)NC1(C(=O)O)CCN(Cc2ccccc2)C1. The number of aliphatic carboxylic acids is 1. The van der Waals surface area contributed by atoms with Gasteiger partial charge in [0.25, 0.3) is 0 Å². The number of hydrogen-bond donors (Lipinski definition) is 3. The summed E-state index contributed by atoms with van der Waals surface area (Å²) in [5, 5.41) is 15.4. The molecule has 0 spiro atoms. The molecule has 1 unspecified atom stereocenters. The average molecular weight is 528 g/mol. The zero-order valence-electron chi connectivity index (χ0n) is 21.8. The number of carboxylic acid groups (broad SMARTS) is 1. The molecule has 1 aliphatic carbocycles. The van der Waals surface area contributed by atoms with Gasteiger partial charge < -0.3 is 20.5 Å². The number of nitrogens with zero attached hydrogens (tertiary/aromatic N) is 1. The molecule has 1 aliphatic heterocycles. The molecular weight excluding hydrogens is 494 g/mol. The van der Waals surface area contributed by atoms with Gasteiger partial charge in [-0.1, -0.05) is 78.9 Å². The molecule has 39 heavy (non-hydrogen) atoms. The molecule has 8 nitrogen and oxygen atoms in total. The van der Waals surface area contributed by atoms with Crippen molar-refractivity contribution in [2.75, 3.05) is 26.2 Å². The van der Waals surface area contributed by atoms with E-state index in [-0.39, 0.29) is 37.9 Å². The lowest BCUT2D eigenvalue weighted by molar-refractivity contribution is -0.147. The van der Waals surface area contributed by atoms with Crippen LogP contribution in [-0.4, -0.2) is 59.8 Å². The molecule has 202 valence electrons. The molecule has 2 amide bonds. The Labute approximate surface area is 228 Å². The lowest BCUT2D eigenvalue weighted by Crippen LogP contribution is -2.56. The molecule has 1 saturated heterocycles. The number of ether oxygens (including phenoxy) is 1. The first-order valence-corrected chi connectivity index (χ1v) is 13.3. The number of amides is 2. The maximum atomic E-state index is 12.6. The second-order valence-corrected chi connectivity index (χ2v) is 10.2. The van der Waals surface area contributed by atoms with Crippen molar-refractivity contribution in [2.45, 2.75) is 37.3 Å². The van der Waals surface area contributed by atoms with Crippen LogP contribution in [0.1, 0.15) is 41.9 Å². The Morgan fingerprint density at radius 2 is 1.56 bits per heavy atom. The number of carboxylic acids is 1. The van der Waals surface area contributed by atoms with Gasteiger partial charge in [0, 0.05) is 38.5 Å². The molecule has 1 atom stereocenters. The second kappa shape index (κ2) is 11.7. The minimum Gasteiger partial charge on any atom is -0.479 e. The number of fused-ring (bicyclic) bond motifs is 3.